The minimum absolute atomic E-state index is 0.148. The molecule has 0 fully saturated rings. The summed E-state index contributed by atoms with van der Waals surface area (Å²) in [5.74, 6) is 0.960. The van der Waals surface area contributed by atoms with Crippen LogP contribution in [0, 0.1) is 20.8 Å². The molecule has 0 radical (unpaired) electrons. The van der Waals surface area contributed by atoms with Crippen LogP contribution < -0.4 is 11.1 Å². The molecular formula is C14H18N4O2. The van der Waals surface area contributed by atoms with E-state index in [0.717, 1.165) is 11.1 Å². The largest absolute Gasteiger partial charge is 0.398 e. The van der Waals surface area contributed by atoms with Gasteiger partial charge in [-0.1, -0.05) is 11.2 Å². The van der Waals surface area contributed by atoms with Crippen LogP contribution in [0.25, 0.3) is 0 Å². The number of carbonyl (C=O) groups is 1. The van der Waals surface area contributed by atoms with E-state index in [-0.39, 0.29) is 5.91 Å². The first-order valence-electron chi connectivity index (χ1n) is 6.41. The van der Waals surface area contributed by atoms with Gasteiger partial charge >= 0.3 is 0 Å². The number of carbonyl (C=O) groups excluding carboxylic acids is 1. The number of hydrogen-bond acceptors (Lipinski definition) is 5. The number of benzene rings is 1. The SMILES string of the molecule is Cc1noc(CCNC(=O)c2cc(N)c(C)cc2C)n1. The van der Waals surface area contributed by atoms with Crippen molar-refractivity contribution in [3.63, 3.8) is 0 Å². The van der Waals surface area contributed by atoms with Crippen LogP contribution in [-0.2, 0) is 6.42 Å². The molecule has 20 heavy (non-hydrogen) atoms. The van der Waals surface area contributed by atoms with Crippen molar-refractivity contribution in [2.75, 3.05) is 12.3 Å². The van der Waals surface area contributed by atoms with Gasteiger partial charge < -0.3 is 15.6 Å². The van der Waals surface area contributed by atoms with Crippen molar-refractivity contribution in [2.45, 2.75) is 27.2 Å². The lowest BCUT2D eigenvalue weighted by Gasteiger charge is -2.09. The van der Waals surface area contributed by atoms with Crippen LogP contribution in [0.5, 0.6) is 0 Å². The molecule has 2 aromatic rings. The molecule has 0 unspecified atom stereocenters. The highest BCUT2D eigenvalue weighted by molar-refractivity contribution is 5.96. The molecule has 0 aliphatic heterocycles. The number of aromatic nitrogens is 2. The summed E-state index contributed by atoms with van der Waals surface area (Å²) in [4.78, 5) is 16.2. The maximum absolute atomic E-state index is 12.1. The van der Waals surface area contributed by atoms with Crippen molar-refractivity contribution >= 4 is 11.6 Å². The Morgan fingerprint density at radius 2 is 2.05 bits per heavy atom. The number of amides is 1. The highest BCUT2D eigenvalue weighted by Gasteiger charge is 2.11. The summed E-state index contributed by atoms with van der Waals surface area (Å²) in [6.07, 6.45) is 0.507. The standard InChI is InChI=1S/C14H18N4O2/c1-8-6-9(2)12(15)7-11(8)14(19)16-5-4-13-17-10(3)18-20-13/h6-7H,4-5,15H2,1-3H3,(H,16,19). The van der Waals surface area contributed by atoms with E-state index < -0.39 is 0 Å². The average molecular weight is 274 g/mol. The van der Waals surface area contributed by atoms with Gasteiger partial charge in [-0.25, -0.2) is 0 Å². The van der Waals surface area contributed by atoms with E-state index in [0.29, 0.717) is 35.9 Å². The third-order valence-corrected chi connectivity index (χ3v) is 3.05. The summed E-state index contributed by atoms with van der Waals surface area (Å²) in [7, 11) is 0. The topological polar surface area (TPSA) is 94.0 Å². The Balaban J connectivity index is 1.97. The minimum atomic E-state index is -0.148. The molecule has 0 aliphatic rings. The number of aryl methyl sites for hydroxylation is 3. The molecule has 0 spiro atoms. The molecule has 0 bridgehead atoms. The number of hydrogen-bond donors (Lipinski definition) is 2. The van der Waals surface area contributed by atoms with E-state index >= 15 is 0 Å². The van der Waals surface area contributed by atoms with Gasteiger partial charge in [0.25, 0.3) is 5.91 Å². The second kappa shape index (κ2) is 5.73. The fourth-order valence-electron chi connectivity index (χ4n) is 1.93. The Morgan fingerprint density at radius 3 is 2.70 bits per heavy atom. The minimum Gasteiger partial charge on any atom is -0.398 e. The normalized spacial score (nSPS) is 10.6. The molecule has 0 aliphatic carbocycles. The Bertz CT molecular complexity index is 634. The lowest BCUT2D eigenvalue weighted by molar-refractivity contribution is 0.0953. The molecule has 0 atom stereocenters. The molecule has 1 amide bonds. The monoisotopic (exact) mass is 274 g/mol. The Kier molecular flexibility index (Phi) is 4.02. The van der Waals surface area contributed by atoms with Crippen molar-refractivity contribution in [3.8, 4) is 0 Å². The molecule has 6 heteroatoms. The second-order valence-electron chi connectivity index (χ2n) is 4.76. The first-order chi connectivity index (χ1) is 9.47. The first kappa shape index (κ1) is 14.0. The summed E-state index contributed by atoms with van der Waals surface area (Å²) in [6, 6.07) is 3.61. The number of nitrogen functional groups attached to an aromatic ring is 1. The van der Waals surface area contributed by atoms with E-state index in [1.54, 1.807) is 13.0 Å². The molecule has 6 nitrogen and oxygen atoms in total. The molecule has 106 valence electrons. The number of anilines is 1. The van der Waals surface area contributed by atoms with Gasteiger partial charge in [0.1, 0.15) is 0 Å². The Morgan fingerprint density at radius 1 is 1.30 bits per heavy atom. The molecule has 1 aromatic carbocycles. The van der Waals surface area contributed by atoms with Crippen molar-refractivity contribution in [3.05, 3.63) is 40.5 Å². The van der Waals surface area contributed by atoms with E-state index in [2.05, 4.69) is 15.5 Å². The van der Waals surface area contributed by atoms with E-state index in [1.165, 1.54) is 0 Å². The van der Waals surface area contributed by atoms with Crippen LogP contribution in [0.1, 0.15) is 33.2 Å². The summed E-state index contributed by atoms with van der Waals surface area (Å²) in [5, 5.41) is 6.51. The van der Waals surface area contributed by atoms with Crippen LogP contribution in [0.4, 0.5) is 5.69 Å². The van der Waals surface area contributed by atoms with Gasteiger partial charge in [-0.2, -0.15) is 4.98 Å². The summed E-state index contributed by atoms with van der Waals surface area (Å²) < 4.78 is 4.98. The lowest BCUT2D eigenvalue weighted by Crippen LogP contribution is -2.26. The quantitative estimate of drug-likeness (QED) is 0.825. The zero-order valence-electron chi connectivity index (χ0n) is 11.9. The highest BCUT2D eigenvalue weighted by atomic mass is 16.5. The maximum Gasteiger partial charge on any atom is 0.251 e. The van der Waals surface area contributed by atoms with Crippen LogP contribution in [0.15, 0.2) is 16.7 Å². The fourth-order valence-corrected chi connectivity index (χ4v) is 1.93. The van der Waals surface area contributed by atoms with Gasteiger partial charge in [0.05, 0.1) is 0 Å². The van der Waals surface area contributed by atoms with Gasteiger partial charge in [0.15, 0.2) is 5.82 Å². The zero-order chi connectivity index (χ0) is 14.7. The highest BCUT2D eigenvalue weighted by Crippen LogP contribution is 2.17. The first-order valence-corrected chi connectivity index (χ1v) is 6.41. The van der Waals surface area contributed by atoms with Crippen molar-refractivity contribution < 1.29 is 9.32 Å². The zero-order valence-corrected chi connectivity index (χ0v) is 11.9. The third-order valence-electron chi connectivity index (χ3n) is 3.05. The Hall–Kier alpha value is -2.37. The van der Waals surface area contributed by atoms with E-state index in [4.69, 9.17) is 10.3 Å². The Labute approximate surface area is 117 Å². The van der Waals surface area contributed by atoms with Crippen molar-refractivity contribution in [1.29, 1.82) is 0 Å². The molecule has 0 saturated heterocycles. The van der Waals surface area contributed by atoms with Crippen molar-refractivity contribution in [2.24, 2.45) is 0 Å². The number of rotatable bonds is 4. The predicted octanol–water partition coefficient (Wildman–Crippen LogP) is 1.55. The fraction of sp³-hybridized carbons (Fsp3) is 0.357. The average Bonchev–Trinajstić information content (AvgIpc) is 2.79. The van der Waals surface area contributed by atoms with Crippen LogP contribution in [0.3, 0.4) is 0 Å². The number of nitrogens with one attached hydrogen (secondary N) is 1. The summed E-state index contributed by atoms with van der Waals surface area (Å²) in [6.45, 7) is 6.00. The second-order valence-corrected chi connectivity index (χ2v) is 4.76. The molecule has 3 N–H and O–H groups in total. The molecule has 2 rings (SSSR count). The number of nitrogens with two attached hydrogens (primary N) is 1. The van der Waals surface area contributed by atoms with Gasteiger partial charge in [-0.15, -0.1) is 0 Å². The summed E-state index contributed by atoms with van der Waals surface area (Å²) in [5.41, 5.74) is 8.93. The van der Waals surface area contributed by atoms with Gasteiger partial charge in [-0.05, 0) is 38.0 Å². The van der Waals surface area contributed by atoms with Crippen LogP contribution in [-0.4, -0.2) is 22.6 Å². The third kappa shape index (κ3) is 3.14. The van der Waals surface area contributed by atoms with Gasteiger partial charge in [0.2, 0.25) is 5.89 Å². The smallest absolute Gasteiger partial charge is 0.251 e. The summed E-state index contributed by atoms with van der Waals surface area (Å²) >= 11 is 0. The molecule has 1 aromatic heterocycles. The molecule has 1 heterocycles. The van der Waals surface area contributed by atoms with Gasteiger partial charge in [0, 0.05) is 24.2 Å². The van der Waals surface area contributed by atoms with E-state index in [9.17, 15) is 4.79 Å². The van der Waals surface area contributed by atoms with Crippen molar-refractivity contribution in [1.82, 2.24) is 15.5 Å². The van der Waals surface area contributed by atoms with Crippen LogP contribution >= 0.6 is 0 Å². The molecule has 0 saturated carbocycles. The maximum atomic E-state index is 12.1. The molecular weight excluding hydrogens is 256 g/mol. The van der Waals surface area contributed by atoms with E-state index in [1.807, 2.05) is 19.9 Å². The lowest BCUT2D eigenvalue weighted by atomic mass is 10.0. The van der Waals surface area contributed by atoms with Crippen LogP contribution in [0.2, 0.25) is 0 Å². The number of nitrogens with zero attached hydrogens (tertiary/aromatic N) is 2. The predicted molar refractivity (Wildman–Crippen MR) is 75.4 cm³/mol. The van der Waals surface area contributed by atoms with Gasteiger partial charge in [-0.3, -0.25) is 4.79 Å².